The lowest BCUT2D eigenvalue weighted by atomic mass is 10.1. The average Bonchev–Trinajstić information content (AvgIpc) is 2.79. The minimum atomic E-state index is -0.236. The molecule has 31 heavy (non-hydrogen) atoms. The zero-order valence-electron chi connectivity index (χ0n) is 18.9. The highest BCUT2D eigenvalue weighted by molar-refractivity contribution is 5.95. The molecule has 0 aromatic heterocycles. The number of anilines is 1. The maximum atomic E-state index is 12.9. The SMILES string of the molecule is CCc1ccccc1NC(=O)CN(C)C(=O)C(C)N1CCN(Cc2ccccc2)CC1. The van der Waals surface area contributed by atoms with Crippen molar-refractivity contribution in [1.29, 1.82) is 0 Å². The fourth-order valence-corrected chi connectivity index (χ4v) is 4.06. The van der Waals surface area contributed by atoms with Crippen molar-refractivity contribution >= 4 is 17.5 Å². The molecular formula is C25H34N4O2. The van der Waals surface area contributed by atoms with Crippen molar-refractivity contribution in [3.63, 3.8) is 0 Å². The maximum Gasteiger partial charge on any atom is 0.243 e. The molecule has 0 spiro atoms. The van der Waals surface area contributed by atoms with E-state index in [1.54, 1.807) is 7.05 Å². The third kappa shape index (κ3) is 6.39. The molecule has 3 rings (SSSR count). The standard InChI is InChI=1S/C25H34N4O2/c1-4-22-12-8-9-13-23(22)26-24(30)19-27(3)25(31)20(2)29-16-14-28(15-17-29)18-21-10-6-5-7-11-21/h5-13,20H,4,14-19H2,1-3H3,(H,26,30). The molecule has 1 saturated heterocycles. The number of likely N-dealkylation sites (N-methyl/N-ethyl adjacent to an activating group) is 1. The van der Waals surface area contributed by atoms with Gasteiger partial charge >= 0.3 is 0 Å². The van der Waals surface area contributed by atoms with E-state index in [-0.39, 0.29) is 24.4 Å². The van der Waals surface area contributed by atoms with Gasteiger partial charge in [0.2, 0.25) is 11.8 Å². The van der Waals surface area contributed by atoms with E-state index < -0.39 is 0 Å². The molecule has 1 heterocycles. The van der Waals surface area contributed by atoms with E-state index in [4.69, 9.17) is 0 Å². The van der Waals surface area contributed by atoms with Crippen molar-refractivity contribution in [1.82, 2.24) is 14.7 Å². The largest absolute Gasteiger partial charge is 0.335 e. The van der Waals surface area contributed by atoms with Crippen molar-refractivity contribution in [2.75, 3.05) is 45.1 Å². The Morgan fingerprint density at radius 2 is 1.65 bits per heavy atom. The van der Waals surface area contributed by atoms with Crippen molar-refractivity contribution in [3.05, 3.63) is 65.7 Å². The number of carbonyl (C=O) groups excluding carboxylic acids is 2. The van der Waals surface area contributed by atoms with Crippen molar-refractivity contribution in [2.45, 2.75) is 32.9 Å². The van der Waals surface area contributed by atoms with Crippen LogP contribution in [0.5, 0.6) is 0 Å². The molecule has 2 amide bonds. The Kier molecular flexibility index (Phi) is 8.20. The Hall–Kier alpha value is -2.70. The second kappa shape index (κ2) is 11.1. The Labute approximate surface area is 185 Å². The van der Waals surface area contributed by atoms with Gasteiger partial charge in [-0.15, -0.1) is 0 Å². The Balaban J connectivity index is 1.46. The number of carbonyl (C=O) groups is 2. The number of hydrogen-bond acceptors (Lipinski definition) is 4. The molecule has 0 aliphatic carbocycles. The molecule has 1 atom stereocenters. The van der Waals surface area contributed by atoms with Crippen LogP contribution in [0.15, 0.2) is 54.6 Å². The summed E-state index contributed by atoms with van der Waals surface area (Å²) in [6.45, 7) is 8.56. The number of para-hydroxylation sites is 1. The van der Waals surface area contributed by atoms with Crippen LogP contribution in [-0.4, -0.2) is 72.3 Å². The molecule has 1 N–H and O–H groups in total. The lowest BCUT2D eigenvalue weighted by molar-refractivity contribution is -0.138. The number of piperazine rings is 1. The molecular weight excluding hydrogens is 388 g/mol. The monoisotopic (exact) mass is 422 g/mol. The number of benzene rings is 2. The highest BCUT2D eigenvalue weighted by Gasteiger charge is 2.28. The minimum Gasteiger partial charge on any atom is -0.335 e. The Morgan fingerprint density at radius 1 is 1.00 bits per heavy atom. The predicted molar refractivity (Wildman–Crippen MR) is 125 cm³/mol. The summed E-state index contributed by atoms with van der Waals surface area (Å²) in [5, 5.41) is 2.94. The summed E-state index contributed by atoms with van der Waals surface area (Å²) in [5.41, 5.74) is 3.22. The number of nitrogens with one attached hydrogen (secondary N) is 1. The molecule has 0 saturated carbocycles. The number of nitrogens with zero attached hydrogens (tertiary/aromatic N) is 3. The van der Waals surface area contributed by atoms with Crippen LogP contribution in [0.3, 0.4) is 0 Å². The van der Waals surface area contributed by atoms with Gasteiger partial charge in [0.15, 0.2) is 0 Å². The number of amides is 2. The maximum absolute atomic E-state index is 12.9. The number of hydrogen-bond donors (Lipinski definition) is 1. The van der Waals surface area contributed by atoms with Crippen LogP contribution in [0, 0.1) is 0 Å². The Morgan fingerprint density at radius 3 is 2.32 bits per heavy atom. The lowest BCUT2D eigenvalue weighted by Crippen LogP contribution is -2.54. The van der Waals surface area contributed by atoms with Crippen LogP contribution >= 0.6 is 0 Å². The van der Waals surface area contributed by atoms with Crippen molar-refractivity contribution in [3.8, 4) is 0 Å². The van der Waals surface area contributed by atoms with E-state index in [0.717, 1.165) is 50.4 Å². The summed E-state index contributed by atoms with van der Waals surface area (Å²) in [4.78, 5) is 31.6. The number of aryl methyl sites for hydroxylation is 1. The van der Waals surface area contributed by atoms with E-state index >= 15 is 0 Å². The topological polar surface area (TPSA) is 55.9 Å². The summed E-state index contributed by atoms with van der Waals surface area (Å²) in [6.07, 6.45) is 0.846. The van der Waals surface area contributed by atoms with E-state index in [1.165, 1.54) is 10.5 Å². The average molecular weight is 423 g/mol. The molecule has 1 fully saturated rings. The summed E-state index contributed by atoms with van der Waals surface area (Å²) in [5.74, 6) is -0.188. The highest BCUT2D eigenvalue weighted by Crippen LogP contribution is 2.16. The molecule has 2 aromatic carbocycles. The van der Waals surface area contributed by atoms with Gasteiger partial charge in [0, 0.05) is 45.5 Å². The first-order valence-corrected chi connectivity index (χ1v) is 11.1. The second-order valence-electron chi connectivity index (χ2n) is 8.23. The van der Waals surface area contributed by atoms with Crippen LogP contribution in [0.25, 0.3) is 0 Å². The highest BCUT2D eigenvalue weighted by atomic mass is 16.2. The third-order valence-electron chi connectivity index (χ3n) is 5.99. The smallest absolute Gasteiger partial charge is 0.243 e. The molecule has 1 aliphatic heterocycles. The number of rotatable bonds is 8. The zero-order chi connectivity index (χ0) is 22.2. The summed E-state index contributed by atoms with van der Waals surface area (Å²) < 4.78 is 0. The first kappa shape index (κ1) is 23.0. The van der Waals surface area contributed by atoms with Gasteiger partial charge in [0.05, 0.1) is 12.6 Å². The van der Waals surface area contributed by atoms with Crippen molar-refractivity contribution in [2.24, 2.45) is 0 Å². The second-order valence-corrected chi connectivity index (χ2v) is 8.23. The molecule has 1 aliphatic rings. The molecule has 2 aromatic rings. The first-order valence-electron chi connectivity index (χ1n) is 11.1. The lowest BCUT2D eigenvalue weighted by Gasteiger charge is -2.38. The predicted octanol–water partition coefficient (Wildman–Crippen LogP) is 2.85. The molecule has 0 radical (unpaired) electrons. The van der Waals surface area contributed by atoms with Crippen LogP contribution < -0.4 is 5.32 Å². The van der Waals surface area contributed by atoms with Gasteiger partial charge in [-0.25, -0.2) is 0 Å². The van der Waals surface area contributed by atoms with Gasteiger partial charge in [-0.1, -0.05) is 55.5 Å². The van der Waals surface area contributed by atoms with Crippen LogP contribution in [0.2, 0.25) is 0 Å². The van der Waals surface area contributed by atoms with Gasteiger partial charge in [-0.2, -0.15) is 0 Å². The first-order chi connectivity index (χ1) is 15.0. The molecule has 1 unspecified atom stereocenters. The van der Waals surface area contributed by atoms with Gasteiger partial charge in [0.25, 0.3) is 0 Å². The fraction of sp³-hybridized carbons (Fsp3) is 0.440. The van der Waals surface area contributed by atoms with Crippen LogP contribution in [-0.2, 0) is 22.6 Å². The molecule has 166 valence electrons. The molecule has 6 heteroatoms. The zero-order valence-corrected chi connectivity index (χ0v) is 18.9. The van der Waals surface area contributed by atoms with Crippen molar-refractivity contribution < 1.29 is 9.59 Å². The third-order valence-corrected chi connectivity index (χ3v) is 5.99. The fourth-order valence-electron chi connectivity index (χ4n) is 4.06. The van der Waals surface area contributed by atoms with Gasteiger partial charge < -0.3 is 10.2 Å². The minimum absolute atomic E-state index is 0.0181. The Bertz CT molecular complexity index is 863. The summed E-state index contributed by atoms with van der Waals surface area (Å²) >= 11 is 0. The van der Waals surface area contributed by atoms with E-state index in [1.807, 2.05) is 37.3 Å². The van der Waals surface area contributed by atoms with Gasteiger partial charge in [0.1, 0.15) is 0 Å². The van der Waals surface area contributed by atoms with Crippen LogP contribution in [0.4, 0.5) is 5.69 Å². The normalized spacial score (nSPS) is 16.0. The molecule has 0 bridgehead atoms. The van der Waals surface area contributed by atoms with Gasteiger partial charge in [-0.05, 0) is 30.5 Å². The van der Waals surface area contributed by atoms with E-state index in [9.17, 15) is 9.59 Å². The van der Waals surface area contributed by atoms with Crippen LogP contribution in [0.1, 0.15) is 25.0 Å². The summed E-state index contributed by atoms with van der Waals surface area (Å²) in [7, 11) is 1.70. The van der Waals surface area contributed by atoms with E-state index in [2.05, 4.69) is 46.3 Å². The van der Waals surface area contributed by atoms with E-state index in [0.29, 0.717) is 0 Å². The summed E-state index contributed by atoms with van der Waals surface area (Å²) in [6, 6.07) is 18.0. The quantitative estimate of drug-likeness (QED) is 0.711. The van der Waals surface area contributed by atoms with Gasteiger partial charge in [-0.3, -0.25) is 19.4 Å². The molecule has 6 nitrogen and oxygen atoms in total.